The molecule has 3 nitrogen and oxygen atoms in total. The van der Waals surface area contributed by atoms with E-state index in [4.69, 9.17) is 4.98 Å². The zero-order chi connectivity index (χ0) is 16.4. The average molecular weight is 318 g/mol. The molecule has 0 amide bonds. The van der Waals surface area contributed by atoms with Gasteiger partial charge in [0.1, 0.15) is 5.82 Å². The molecule has 0 saturated heterocycles. The molecule has 122 valence electrons. The van der Waals surface area contributed by atoms with Gasteiger partial charge in [-0.25, -0.2) is 4.98 Å². The summed E-state index contributed by atoms with van der Waals surface area (Å²) in [5, 5.41) is 0.735. The van der Waals surface area contributed by atoms with Crippen LogP contribution in [-0.2, 0) is 13.0 Å². The van der Waals surface area contributed by atoms with Crippen molar-refractivity contribution in [3.8, 4) is 0 Å². The molecule has 0 fully saturated rings. The molecular formula is C21H22N2O. The van der Waals surface area contributed by atoms with Gasteiger partial charge in [-0.05, 0) is 42.9 Å². The van der Waals surface area contributed by atoms with E-state index in [9.17, 15) is 4.79 Å². The fourth-order valence-corrected chi connectivity index (χ4v) is 3.52. The van der Waals surface area contributed by atoms with Crippen LogP contribution in [0.5, 0.6) is 0 Å². The van der Waals surface area contributed by atoms with Crippen molar-refractivity contribution in [1.29, 1.82) is 0 Å². The van der Waals surface area contributed by atoms with E-state index in [2.05, 4.69) is 36.5 Å². The minimum absolute atomic E-state index is 0.118. The van der Waals surface area contributed by atoms with Crippen molar-refractivity contribution in [1.82, 2.24) is 9.55 Å². The highest BCUT2D eigenvalue weighted by molar-refractivity contribution is 5.80. The van der Waals surface area contributed by atoms with E-state index in [0.717, 1.165) is 54.5 Å². The number of allylic oxidation sites excluding steroid dienone is 5. The molecule has 1 atom stereocenters. The second-order valence-corrected chi connectivity index (χ2v) is 6.64. The number of benzene rings is 1. The van der Waals surface area contributed by atoms with E-state index < -0.39 is 0 Å². The molecule has 1 aromatic carbocycles. The number of nitrogens with zero attached hydrogens (tertiary/aromatic N) is 2. The van der Waals surface area contributed by atoms with Crippen molar-refractivity contribution < 1.29 is 0 Å². The van der Waals surface area contributed by atoms with Crippen LogP contribution in [-0.4, -0.2) is 9.55 Å². The van der Waals surface area contributed by atoms with Crippen molar-refractivity contribution >= 4 is 17.0 Å². The second kappa shape index (κ2) is 6.60. The highest BCUT2D eigenvalue weighted by Crippen LogP contribution is 2.19. The summed E-state index contributed by atoms with van der Waals surface area (Å²) in [7, 11) is 0. The van der Waals surface area contributed by atoms with Gasteiger partial charge in [0.15, 0.2) is 0 Å². The Hall–Kier alpha value is -2.42. The number of aryl methyl sites for hydroxylation is 1. The van der Waals surface area contributed by atoms with Gasteiger partial charge >= 0.3 is 0 Å². The lowest BCUT2D eigenvalue weighted by Crippen LogP contribution is -2.24. The number of hydrogen-bond acceptors (Lipinski definition) is 2. The molecule has 2 aromatic rings. The molecule has 0 bridgehead atoms. The first-order chi connectivity index (χ1) is 11.8. The normalized spacial score (nSPS) is 20.4. The van der Waals surface area contributed by atoms with Crippen molar-refractivity contribution in [3.63, 3.8) is 0 Å². The Kier molecular flexibility index (Phi) is 4.16. The Balaban J connectivity index is 1.70. The summed E-state index contributed by atoms with van der Waals surface area (Å²) in [4.78, 5) is 17.5. The molecule has 1 unspecified atom stereocenters. The van der Waals surface area contributed by atoms with E-state index in [-0.39, 0.29) is 5.56 Å². The predicted molar refractivity (Wildman–Crippen MR) is 99.0 cm³/mol. The lowest BCUT2D eigenvalue weighted by Gasteiger charge is -2.10. The maximum absolute atomic E-state index is 12.7. The minimum atomic E-state index is 0.118. The van der Waals surface area contributed by atoms with Crippen LogP contribution in [0.3, 0.4) is 0 Å². The fourth-order valence-electron chi connectivity index (χ4n) is 3.52. The summed E-state index contributed by atoms with van der Waals surface area (Å²) in [6.45, 7) is 0.806. The predicted octanol–water partition coefficient (Wildman–Crippen LogP) is 4.27. The minimum Gasteiger partial charge on any atom is -0.296 e. The molecule has 1 aliphatic heterocycles. The lowest BCUT2D eigenvalue weighted by molar-refractivity contribution is 0.614. The van der Waals surface area contributed by atoms with Gasteiger partial charge in [0, 0.05) is 13.0 Å². The first-order valence-corrected chi connectivity index (χ1v) is 8.86. The van der Waals surface area contributed by atoms with Crippen molar-refractivity contribution in [2.75, 3.05) is 0 Å². The molecule has 0 radical (unpaired) electrons. The van der Waals surface area contributed by atoms with Gasteiger partial charge in [0.05, 0.1) is 10.9 Å². The molecule has 0 saturated carbocycles. The molecular weight excluding hydrogens is 296 g/mol. The van der Waals surface area contributed by atoms with Crippen LogP contribution in [0.1, 0.15) is 37.1 Å². The summed E-state index contributed by atoms with van der Waals surface area (Å²) in [6, 6.07) is 5.99. The maximum atomic E-state index is 12.7. The first kappa shape index (κ1) is 15.1. The highest BCUT2D eigenvalue weighted by atomic mass is 16.1. The third kappa shape index (κ3) is 2.99. The topological polar surface area (TPSA) is 34.9 Å². The zero-order valence-electron chi connectivity index (χ0n) is 13.8. The van der Waals surface area contributed by atoms with Crippen LogP contribution in [0.4, 0.5) is 0 Å². The Morgan fingerprint density at radius 2 is 2.12 bits per heavy atom. The lowest BCUT2D eigenvalue weighted by atomic mass is 9.99. The SMILES string of the molecule is O=c1c2ccc(/C=C/C3C=CC=CC3)cc2nc2n1CCCCC2. The number of aromatic nitrogens is 2. The van der Waals surface area contributed by atoms with Crippen LogP contribution in [0, 0.1) is 5.92 Å². The molecule has 2 aliphatic rings. The molecule has 1 aliphatic carbocycles. The third-order valence-corrected chi connectivity index (χ3v) is 4.89. The van der Waals surface area contributed by atoms with Gasteiger partial charge in [-0.3, -0.25) is 9.36 Å². The highest BCUT2D eigenvalue weighted by Gasteiger charge is 2.13. The van der Waals surface area contributed by atoms with Gasteiger partial charge < -0.3 is 0 Å². The van der Waals surface area contributed by atoms with Crippen LogP contribution in [0.25, 0.3) is 17.0 Å². The number of rotatable bonds is 2. The fraction of sp³-hybridized carbons (Fsp3) is 0.333. The zero-order valence-corrected chi connectivity index (χ0v) is 13.8. The summed E-state index contributed by atoms with van der Waals surface area (Å²) in [6.07, 6.45) is 18.3. The van der Waals surface area contributed by atoms with Crippen molar-refractivity contribution in [2.24, 2.45) is 5.92 Å². The van der Waals surface area contributed by atoms with E-state index >= 15 is 0 Å². The summed E-state index contributed by atoms with van der Waals surface area (Å²) >= 11 is 0. The Bertz CT molecular complexity index is 902. The smallest absolute Gasteiger partial charge is 0.261 e. The molecule has 1 aromatic heterocycles. The molecule has 0 N–H and O–H groups in total. The number of fused-ring (bicyclic) bond motifs is 2. The first-order valence-electron chi connectivity index (χ1n) is 8.86. The Morgan fingerprint density at radius 1 is 1.17 bits per heavy atom. The van der Waals surface area contributed by atoms with Crippen molar-refractivity contribution in [3.05, 3.63) is 70.3 Å². The van der Waals surface area contributed by atoms with Gasteiger partial charge in [-0.15, -0.1) is 0 Å². The van der Waals surface area contributed by atoms with Crippen LogP contribution in [0.2, 0.25) is 0 Å². The van der Waals surface area contributed by atoms with E-state index in [0.29, 0.717) is 5.92 Å². The molecule has 0 spiro atoms. The number of hydrogen-bond donors (Lipinski definition) is 0. The van der Waals surface area contributed by atoms with E-state index in [1.54, 1.807) is 0 Å². The van der Waals surface area contributed by atoms with Gasteiger partial charge in [0.25, 0.3) is 5.56 Å². The quantitative estimate of drug-likeness (QED) is 0.829. The standard InChI is InChI=1S/C21H22N2O/c24-21-18-13-12-17(11-10-16-7-3-1-4-8-16)15-19(18)22-20-9-5-2-6-14-23(20)21/h1,3-4,7,10-13,15-16H,2,5-6,8-9,14H2/b11-10+. The Labute approximate surface area is 142 Å². The van der Waals surface area contributed by atoms with Gasteiger partial charge in [-0.1, -0.05) is 48.9 Å². The average Bonchev–Trinajstić information content (AvgIpc) is 2.86. The van der Waals surface area contributed by atoms with Gasteiger partial charge in [0.2, 0.25) is 0 Å². The van der Waals surface area contributed by atoms with Crippen LogP contribution < -0.4 is 5.56 Å². The molecule has 24 heavy (non-hydrogen) atoms. The molecule has 4 rings (SSSR count). The van der Waals surface area contributed by atoms with E-state index in [1.165, 1.54) is 6.42 Å². The van der Waals surface area contributed by atoms with E-state index in [1.807, 2.05) is 22.8 Å². The summed E-state index contributed by atoms with van der Waals surface area (Å²) < 4.78 is 1.88. The summed E-state index contributed by atoms with van der Waals surface area (Å²) in [5.41, 5.74) is 2.05. The molecule has 3 heteroatoms. The van der Waals surface area contributed by atoms with Gasteiger partial charge in [-0.2, -0.15) is 0 Å². The van der Waals surface area contributed by atoms with Crippen LogP contribution in [0.15, 0.2) is 53.4 Å². The van der Waals surface area contributed by atoms with Crippen LogP contribution >= 0.6 is 0 Å². The third-order valence-electron chi connectivity index (χ3n) is 4.89. The second-order valence-electron chi connectivity index (χ2n) is 6.64. The Morgan fingerprint density at radius 3 is 3.00 bits per heavy atom. The molecule has 2 heterocycles. The van der Waals surface area contributed by atoms with Crippen molar-refractivity contribution in [2.45, 2.75) is 38.6 Å². The summed E-state index contributed by atoms with van der Waals surface area (Å²) in [5.74, 6) is 1.41. The largest absolute Gasteiger partial charge is 0.296 e. The monoisotopic (exact) mass is 318 g/mol. The maximum Gasteiger partial charge on any atom is 0.261 e.